The van der Waals surface area contributed by atoms with Crippen molar-refractivity contribution in [2.24, 2.45) is 5.73 Å². The molecule has 1 aromatic carbocycles. The lowest BCUT2D eigenvalue weighted by Crippen LogP contribution is -2.43. The van der Waals surface area contributed by atoms with Crippen molar-refractivity contribution in [3.8, 4) is 0 Å². The molecule has 0 aromatic heterocycles. The summed E-state index contributed by atoms with van der Waals surface area (Å²) in [5, 5.41) is 0. The molecule has 2 N–H and O–H groups in total. The number of allylic oxidation sites excluding steroid dienone is 8. The van der Waals surface area contributed by atoms with Crippen LogP contribution in [-0.2, 0) is 0 Å². The van der Waals surface area contributed by atoms with Crippen LogP contribution in [0.25, 0.3) is 0 Å². The van der Waals surface area contributed by atoms with Crippen LogP contribution in [0.15, 0.2) is 101 Å². The van der Waals surface area contributed by atoms with E-state index in [0.29, 0.717) is 12.1 Å². The van der Waals surface area contributed by atoms with Gasteiger partial charge in [-0.15, -0.1) is 0 Å². The van der Waals surface area contributed by atoms with E-state index in [-0.39, 0.29) is 5.54 Å². The number of hydrogen-bond acceptors (Lipinski definition) is 2. The molecule has 0 saturated carbocycles. The van der Waals surface area contributed by atoms with E-state index in [1.165, 1.54) is 33.6 Å². The predicted molar refractivity (Wildman–Crippen MR) is 127 cm³/mol. The van der Waals surface area contributed by atoms with Crippen LogP contribution in [0.3, 0.4) is 0 Å². The Morgan fingerprint density at radius 3 is 2.37 bits per heavy atom. The Morgan fingerprint density at radius 2 is 1.67 bits per heavy atom. The second-order valence-electron chi connectivity index (χ2n) is 9.24. The maximum atomic E-state index is 6.67. The summed E-state index contributed by atoms with van der Waals surface area (Å²) in [6.07, 6.45) is 21.6. The van der Waals surface area contributed by atoms with Crippen LogP contribution in [0.4, 0.5) is 5.69 Å². The quantitative estimate of drug-likeness (QED) is 0.660. The number of fused-ring (bicyclic) bond motifs is 3. The van der Waals surface area contributed by atoms with Gasteiger partial charge >= 0.3 is 0 Å². The topological polar surface area (TPSA) is 29.3 Å². The van der Waals surface area contributed by atoms with E-state index in [1.807, 2.05) is 0 Å². The van der Waals surface area contributed by atoms with Crippen molar-refractivity contribution in [3.05, 3.63) is 101 Å². The summed E-state index contributed by atoms with van der Waals surface area (Å²) >= 11 is 0. The van der Waals surface area contributed by atoms with Gasteiger partial charge < -0.3 is 10.6 Å². The van der Waals surface area contributed by atoms with E-state index < -0.39 is 0 Å². The molecule has 5 rings (SSSR count). The van der Waals surface area contributed by atoms with Gasteiger partial charge in [0, 0.05) is 11.2 Å². The molecule has 154 valence electrons. The van der Waals surface area contributed by atoms with Gasteiger partial charge in [-0.25, -0.2) is 0 Å². The Bertz CT molecular complexity index is 1010. The van der Waals surface area contributed by atoms with Crippen LogP contribution in [-0.4, -0.2) is 17.6 Å². The minimum Gasteiger partial charge on any atom is -0.357 e. The number of para-hydroxylation sites is 1. The first-order valence-corrected chi connectivity index (χ1v) is 11.4. The Labute approximate surface area is 180 Å². The van der Waals surface area contributed by atoms with E-state index in [9.17, 15) is 0 Å². The molecule has 1 aliphatic heterocycles. The molecular weight excluding hydrogens is 364 g/mol. The fourth-order valence-electron chi connectivity index (χ4n) is 5.39. The molecule has 0 radical (unpaired) electrons. The second kappa shape index (κ2) is 7.59. The normalized spacial score (nSPS) is 27.2. The Kier molecular flexibility index (Phi) is 4.91. The average Bonchev–Trinajstić information content (AvgIpc) is 3.13. The molecule has 2 heteroatoms. The van der Waals surface area contributed by atoms with Crippen LogP contribution in [0, 0.1) is 0 Å². The number of rotatable bonds is 4. The van der Waals surface area contributed by atoms with Crippen LogP contribution >= 0.6 is 0 Å². The zero-order valence-electron chi connectivity index (χ0n) is 18.1. The summed E-state index contributed by atoms with van der Waals surface area (Å²) in [5.74, 6) is 0. The highest BCUT2D eigenvalue weighted by molar-refractivity contribution is 5.67. The number of nitrogens with zero attached hydrogens (tertiary/aromatic N) is 1. The Morgan fingerprint density at radius 1 is 0.933 bits per heavy atom. The van der Waals surface area contributed by atoms with Gasteiger partial charge in [0.25, 0.3) is 0 Å². The molecule has 0 spiro atoms. The molecule has 3 aliphatic carbocycles. The lowest BCUT2D eigenvalue weighted by molar-refractivity contribution is 0.492. The van der Waals surface area contributed by atoms with Gasteiger partial charge in [-0.3, -0.25) is 0 Å². The SMILES string of the molecule is CCC(C)(N)C1=CC=C2C3=CC=C(C4=CC=CCC4)CC3N(c3ccccc3)C2C1. The number of benzene rings is 1. The largest absolute Gasteiger partial charge is 0.357 e. The minimum atomic E-state index is -0.241. The van der Waals surface area contributed by atoms with Crippen molar-refractivity contribution >= 4 is 5.69 Å². The molecule has 30 heavy (non-hydrogen) atoms. The van der Waals surface area contributed by atoms with Crippen molar-refractivity contribution < 1.29 is 0 Å². The molecular formula is C28H32N2. The van der Waals surface area contributed by atoms with E-state index in [1.54, 1.807) is 0 Å². The molecule has 3 atom stereocenters. The summed E-state index contributed by atoms with van der Waals surface area (Å²) in [5.41, 5.74) is 15.1. The van der Waals surface area contributed by atoms with E-state index in [2.05, 4.69) is 91.6 Å². The third-order valence-electron chi connectivity index (χ3n) is 7.43. The third-order valence-corrected chi connectivity index (χ3v) is 7.43. The van der Waals surface area contributed by atoms with Gasteiger partial charge in [0.2, 0.25) is 0 Å². The first-order chi connectivity index (χ1) is 14.6. The number of hydrogen-bond donors (Lipinski definition) is 1. The van der Waals surface area contributed by atoms with Gasteiger partial charge in [-0.2, -0.15) is 0 Å². The van der Waals surface area contributed by atoms with Crippen LogP contribution in [0.1, 0.15) is 46.0 Å². The van der Waals surface area contributed by atoms with E-state index in [0.717, 1.165) is 32.1 Å². The van der Waals surface area contributed by atoms with Crippen LogP contribution in [0.2, 0.25) is 0 Å². The molecule has 1 aromatic rings. The molecule has 4 aliphatic rings. The summed E-state index contributed by atoms with van der Waals surface area (Å²) in [7, 11) is 0. The number of nitrogens with two attached hydrogens (primary N) is 1. The monoisotopic (exact) mass is 396 g/mol. The number of anilines is 1. The first kappa shape index (κ1) is 19.4. The van der Waals surface area contributed by atoms with Crippen molar-refractivity contribution in [3.63, 3.8) is 0 Å². The van der Waals surface area contributed by atoms with Gasteiger partial charge in [0.15, 0.2) is 0 Å². The molecule has 1 fully saturated rings. The smallest absolute Gasteiger partial charge is 0.0592 e. The second-order valence-corrected chi connectivity index (χ2v) is 9.24. The molecule has 2 nitrogen and oxygen atoms in total. The predicted octanol–water partition coefficient (Wildman–Crippen LogP) is 6.16. The molecule has 1 saturated heterocycles. The average molecular weight is 397 g/mol. The van der Waals surface area contributed by atoms with Crippen LogP contribution < -0.4 is 10.6 Å². The summed E-state index contributed by atoms with van der Waals surface area (Å²) in [6.45, 7) is 4.36. The Balaban J connectivity index is 1.57. The van der Waals surface area contributed by atoms with Crippen molar-refractivity contribution in [1.82, 2.24) is 0 Å². The van der Waals surface area contributed by atoms with Gasteiger partial charge in [0.1, 0.15) is 0 Å². The lowest BCUT2D eigenvalue weighted by atomic mass is 9.79. The fraction of sp³-hybridized carbons (Fsp3) is 0.357. The van der Waals surface area contributed by atoms with E-state index in [4.69, 9.17) is 5.73 Å². The third kappa shape index (κ3) is 3.24. The summed E-state index contributed by atoms with van der Waals surface area (Å²) in [4.78, 5) is 2.67. The zero-order chi connectivity index (χ0) is 20.7. The maximum Gasteiger partial charge on any atom is 0.0592 e. The molecule has 0 bridgehead atoms. The Hall–Kier alpha value is -2.58. The molecule has 0 amide bonds. The van der Waals surface area contributed by atoms with E-state index >= 15 is 0 Å². The summed E-state index contributed by atoms with van der Waals surface area (Å²) in [6, 6.07) is 11.7. The first-order valence-electron chi connectivity index (χ1n) is 11.4. The zero-order valence-corrected chi connectivity index (χ0v) is 18.1. The minimum absolute atomic E-state index is 0.241. The summed E-state index contributed by atoms with van der Waals surface area (Å²) < 4.78 is 0. The molecule has 1 heterocycles. The lowest BCUT2D eigenvalue weighted by Gasteiger charge is -2.37. The van der Waals surface area contributed by atoms with Crippen molar-refractivity contribution in [1.29, 1.82) is 0 Å². The van der Waals surface area contributed by atoms with Crippen LogP contribution in [0.5, 0.6) is 0 Å². The highest BCUT2D eigenvalue weighted by Crippen LogP contribution is 2.48. The van der Waals surface area contributed by atoms with Crippen molar-refractivity contribution in [2.45, 2.75) is 63.6 Å². The highest BCUT2D eigenvalue weighted by Gasteiger charge is 2.44. The van der Waals surface area contributed by atoms with Crippen molar-refractivity contribution in [2.75, 3.05) is 4.90 Å². The van der Waals surface area contributed by atoms with Gasteiger partial charge in [-0.1, -0.05) is 67.7 Å². The van der Waals surface area contributed by atoms with Gasteiger partial charge in [0.05, 0.1) is 12.1 Å². The highest BCUT2D eigenvalue weighted by atomic mass is 15.2. The molecule has 3 unspecified atom stereocenters. The van der Waals surface area contributed by atoms with Gasteiger partial charge in [-0.05, 0) is 79.0 Å². The fourth-order valence-corrected chi connectivity index (χ4v) is 5.39. The maximum absolute atomic E-state index is 6.67. The standard InChI is InChI=1S/C28H32N2/c1-3-28(2,29)22-15-17-25-24-16-14-21(20-10-6-4-7-11-20)18-26(24)30(27(25)19-22)23-12-8-5-9-13-23/h4-6,8-10,12-17,26-27H,3,7,11,18-19,29H2,1-2H3.